The van der Waals surface area contributed by atoms with E-state index < -0.39 is 15.8 Å². The third-order valence-electron chi connectivity index (χ3n) is 2.30. The zero-order valence-electron chi connectivity index (χ0n) is 9.56. The average molecular weight is 321 g/mol. The summed E-state index contributed by atoms with van der Waals surface area (Å²) in [5, 5.41) is 1.78. The van der Waals surface area contributed by atoms with Crippen LogP contribution in [-0.2, 0) is 16.6 Å². The molecule has 19 heavy (non-hydrogen) atoms. The first kappa shape index (κ1) is 14.3. The third kappa shape index (κ3) is 3.24. The second-order valence-electron chi connectivity index (χ2n) is 3.71. The molecule has 2 rings (SSSR count). The Kier molecular flexibility index (Phi) is 4.10. The summed E-state index contributed by atoms with van der Waals surface area (Å²) < 4.78 is 39.6. The SMILES string of the molecule is NCc1csc(S(=O)(=O)Nc2cc(F)ccc2Cl)c1. The summed E-state index contributed by atoms with van der Waals surface area (Å²) in [5.41, 5.74) is 6.15. The van der Waals surface area contributed by atoms with Gasteiger partial charge in [0.25, 0.3) is 10.0 Å². The quantitative estimate of drug-likeness (QED) is 0.910. The molecule has 0 aliphatic heterocycles. The Morgan fingerprint density at radius 3 is 2.74 bits per heavy atom. The molecule has 4 nitrogen and oxygen atoms in total. The van der Waals surface area contributed by atoms with Crippen molar-refractivity contribution in [1.29, 1.82) is 0 Å². The van der Waals surface area contributed by atoms with Gasteiger partial charge in [-0.15, -0.1) is 11.3 Å². The summed E-state index contributed by atoms with van der Waals surface area (Å²) in [5.74, 6) is -0.573. The monoisotopic (exact) mass is 320 g/mol. The summed E-state index contributed by atoms with van der Waals surface area (Å²) in [6, 6.07) is 4.93. The lowest BCUT2D eigenvalue weighted by atomic mass is 10.3. The molecule has 3 N–H and O–H groups in total. The molecule has 0 fully saturated rings. The minimum atomic E-state index is -3.78. The molecule has 0 saturated heterocycles. The minimum Gasteiger partial charge on any atom is -0.326 e. The molecule has 102 valence electrons. The van der Waals surface area contributed by atoms with Crippen molar-refractivity contribution in [2.75, 3.05) is 4.72 Å². The normalized spacial score (nSPS) is 11.5. The number of hydrogen-bond donors (Lipinski definition) is 2. The van der Waals surface area contributed by atoms with Crippen molar-refractivity contribution in [2.45, 2.75) is 10.8 Å². The summed E-state index contributed by atoms with van der Waals surface area (Å²) in [7, 11) is -3.78. The van der Waals surface area contributed by atoms with E-state index >= 15 is 0 Å². The van der Waals surface area contributed by atoms with Crippen molar-refractivity contribution in [3.05, 3.63) is 46.0 Å². The van der Waals surface area contributed by atoms with Crippen LogP contribution in [0.3, 0.4) is 0 Å². The van der Waals surface area contributed by atoms with Crippen LogP contribution in [0.15, 0.2) is 33.9 Å². The van der Waals surface area contributed by atoms with Gasteiger partial charge in [-0.05, 0) is 35.2 Å². The fourth-order valence-corrected chi connectivity index (χ4v) is 3.89. The smallest absolute Gasteiger partial charge is 0.271 e. The van der Waals surface area contributed by atoms with Crippen molar-refractivity contribution >= 4 is 38.6 Å². The van der Waals surface area contributed by atoms with E-state index in [1.807, 2.05) is 0 Å². The van der Waals surface area contributed by atoms with E-state index in [2.05, 4.69) is 4.72 Å². The maximum Gasteiger partial charge on any atom is 0.271 e. The van der Waals surface area contributed by atoms with Crippen LogP contribution < -0.4 is 10.5 Å². The van der Waals surface area contributed by atoms with E-state index in [-0.39, 0.29) is 21.5 Å². The van der Waals surface area contributed by atoms with Gasteiger partial charge in [-0.2, -0.15) is 0 Å². The molecule has 0 aliphatic rings. The number of rotatable bonds is 4. The number of benzene rings is 1. The van der Waals surface area contributed by atoms with Crippen molar-refractivity contribution in [3.8, 4) is 0 Å². The standard InChI is InChI=1S/C11H10ClFN2O2S2/c12-9-2-1-8(13)4-10(9)15-19(16,17)11-3-7(5-14)6-18-11/h1-4,6,15H,5,14H2. The largest absolute Gasteiger partial charge is 0.326 e. The third-order valence-corrected chi connectivity index (χ3v) is 5.49. The number of anilines is 1. The zero-order chi connectivity index (χ0) is 14.0. The number of nitrogens with two attached hydrogens (primary N) is 1. The van der Waals surface area contributed by atoms with E-state index in [1.165, 1.54) is 12.1 Å². The van der Waals surface area contributed by atoms with Crippen LogP contribution in [0.25, 0.3) is 0 Å². The van der Waals surface area contributed by atoms with E-state index in [1.54, 1.807) is 5.38 Å². The van der Waals surface area contributed by atoms with E-state index in [0.717, 1.165) is 29.0 Å². The molecule has 1 aromatic carbocycles. The Labute approximate surface area is 119 Å². The van der Waals surface area contributed by atoms with Gasteiger partial charge in [-0.1, -0.05) is 11.6 Å². The van der Waals surface area contributed by atoms with Crippen LogP contribution in [-0.4, -0.2) is 8.42 Å². The van der Waals surface area contributed by atoms with E-state index in [0.29, 0.717) is 0 Å². The number of thiophene rings is 1. The maximum atomic E-state index is 13.1. The molecule has 0 radical (unpaired) electrons. The van der Waals surface area contributed by atoms with E-state index in [4.69, 9.17) is 17.3 Å². The molecule has 2 aromatic rings. The first-order chi connectivity index (χ1) is 8.92. The summed E-state index contributed by atoms with van der Waals surface area (Å²) in [6.45, 7) is 0.257. The number of hydrogen-bond acceptors (Lipinski definition) is 4. The van der Waals surface area contributed by atoms with Gasteiger partial charge in [0.15, 0.2) is 0 Å². The molecule has 1 heterocycles. The van der Waals surface area contributed by atoms with Gasteiger partial charge in [0.05, 0.1) is 10.7 Å². The highest BCUT2D eigenvalue weighted by Gasteiger charge is 2.18. The number of halogens is 2. The van der Waals surface area contributed by atoms with Crippen LogP contribution >= 0.6 is 22.9 Å². The zero-order valence-corrected chi connectivity index (χ0v) is 11.9. The molecule has 0 spiro atoms. The molecular formula is C11H10ClFN2O2S2. The molecule has 0 aliphatic carbocycles. The Morgan fingerprint density at radius 1 is 1.37 bits per heavy atom. The predicted octanol–water partition coefficient (Wildman–Crippen LogP) is 2.80. The molecule has 0 bridgehead atoms. The summed E-state index contributed by atoms with van der Waals surface area (Å²) >= 11 is 6.86. The lowest BCUT2D eigenvalue weighted by Crippen LogP contribution is -2.12. The summed E-state index contributed by atoms with van der Waals surface area (Å²) in [4.78, 5) is 0. The van der Waals surface area contributed by atoms with Crippen LogP contribution in [0, 0.1) is 5.82 Å². The predicted molar refractivity (Wildman–Crippen MR) is 74.4 cm³/mol. The Hall–Kier alpha value is -1.15. The molecule has 0 atom stereocenters. The van der Waals surface area contributed by atoms with Gasteiger partial charge < -0.3 is 5.73 Å². The highest BCUT2D eigenvalue weighted by molar-refractivity contribution is 7.94. The van der Waals surface area contributed by atoms with Crippen LogP contribution in [0.5, 0.6) is 0 Å². The maximum absolute atomic E-state index is 13.1. The van der Waals surface area contributed by atoms with Crippen molar-refractivity contribution in [1.82, 2.24) is 0 Å². The first-order valence-electron chi connectivity index (χ1n) is 5.18. The Bertz CT molecular complexity index is 700. The van der Waals surface area contributed by atoms with Gasteiger partial charge in [-0.25, -0.2) is 12.8 Å². The summed E-state index contributed by atoms with van der Waals surface area (Å²) in [6.07, 6.45) is 0. The van der Waals surface area contributed by atoms with Crippen molar-refractivity contribution in [3.63, 3.8) is 0 Å². The van der Waals surface area contributed by atoms with E-state index in [9.17, 15) is 12.8 Å². The average Bonchev–Trinajstić information content (AvgIpc) is 2.83. The highest BCUT2D eigenvalue weighted by Crippen LogP contribution is 2.27. The lowest BCUT2D eigenvalue weighted by molar-refractivity contribution is 0.603. The molecule has 0 amide bonds. The fourth-order valence-electron chi connectivity index (χ4n) is 1.37. The van der Waals surface area contributed by atoms with Crippen LogP contribution in [0.4, 0.5) is 10.1 Å². The number of sulfonamides is 1. The lowest BCUT2D eigenvalue weighted by Gasteiger charge is -2.07. The van der Waals surface area contributed by atoms with Crippen LogP contribution in [0.1, 0.15) is 5.56 Å². The second kappa shape index (κ2) is 5.46. The van der Waals surface area contributed by atoms with Gasteiger partial charge >= 0.3 is 0 Å². The topological polar surface area (TPSA) is 72.2 Å². The molecule has 8 heteroatoms. The van der Waals surface area contributed by atoms with Gasteiger partial charge in [0.2, 0.25) is 0 Å². The van der Waals surface area contributed by atoms with Gasteiger partial charge in [0, 0.05) is 6.54 Å². The van der Waals surface area contributed by atoms with Crippen LogP contribution in [0.2, 0.25) is 5.02 Å². The fraction of sp³-hybridized carbons (Fsp3) is 0.0909. The van der Waals surface area contributed by atoms with Crippen molar-refractivity contribution < 1.29 is 12.8 Å². The highest BCUT2D eigenvalue weighted by atomic mass is 35.5. The molecular weight excluding hydrogens is 311 g/mol. The Morgan fingerprint density at radius 2 is 2.11 bits per heavy atom. The molecule has 0 unspecified atom stereocenters. The first-order valence-corrected chi connectivity index (χ1v) is 7.92. The van der Waals surface area contributed by atoms with Gasteiger partial charge in [0.1, 0.15) is 10.0 Å². The van der Waals surface area contributed by atoms with Gasteiger partial charge in [-0.3, -0.25) is 4.72 Å². The molecule has 1 aromatic heterocycles. The second-order valence-corrected chi connectivity index (χ2v) is 6.94. The molecule has 0 saturated carbocycles. The number of nitrogens with one attached hydrogen (secondary N) is 1. The Balaban J connectivity index is 2.33. The minimum absolute atomic E-state index is 0.00404. The van der Waals surface area contributed by atoms with Crippen molar-refractivity contribution in [2.24, 2.45) is 5.73 Å².